The van der Waals surface area contributed by atoms with Gasteiger partial charge in [-0.05, 0) is 184 Å². The van der Waals surface area contributed by atoms with E-state index in [1.54, 1.807) is 0 Å². The predicted molar refractivity (Wildman–Crippen MR) is 559 cm³/mol. The molecule has 12 aromatic heterocycles. The maximum Gasteiger partial charge on any atom is 0.350 e. The molecule has 0 radical (unpaired) electrons. The quantitative estimate of drug-likeness (QED) is 0.128. The summed E-state index contributed by atoms with van der Waals surface area (Å²) >= 11 is 3.88. The highest BCUT2D eigenvalue weighted by Gasteiger charge is 2.49. The number of aryl methyl sites for hydroxylation is 2. The normalized spacial score (nSPS) is 14.7. The van der Waals surface area contributed by atoms with Crippen molar-refractivity contribution in [1.29, 1.82) is 0 Å². The summed E-state index contributed by atoms with van der Waals surface area (Å²) in [4.78, 5) is 1.40. The Kier molecular flexibility index (Phi) is 17.1. The van der Waals surface area contributed by atoms with Gasteiger partial charge in [0.1, 0.15) is 5.75 Å². The summed E-state index contributed by atoms with van der Waals surface area (Å²) in [5.74, 6) is 5.11. The Labute approximate surface area is 766 Å². The first-order chi connectivity index (χ1) is 64.5. The molecular formula is C117H86N6O3S2Si3. The fourth-order valence-corrected chi connectivity index (χ4v) is 33.3. The van der Waals surface area contributed by atoms with Crippen molar-refractivity contribution in [1.82, 2.24) is 26.4 Å². The monoisotopic (exact) mass is 1770 g/mol. The van der Waals surface area contributed by atoms with Gasteiger partial charge in [-0.15, -0.1) is 23.5 Å². The maximum absolute atomic E-state index is 7.14. The third kappa shape index (κ3) is 11.3. The van der Waals surface area contributed by atoms with Crippen LogP contribution in [-0.4, -0.2) is 51.4 Å². The Bertz CT molecular complexity index is 9170. The van der Waals surface area contributed by atoms with Gasteiger partial charge in [-0.2, -0.15) is 0 Å². The second kappa shape index (κ2) is 29.3. The molecule has 131 heavy (non-hydrogen) atoms. The van der Waals surface area contributed by atoms with Crippen LogP contribution in [0.25, 0.3) is 163 Å². The molecule has 9 nitrogen and oxygen atoms in total. The minimum Gasteiger partial charge on any atom is -0.537 e. The second-order valence-electron chi connectivity index (χ2n) is 36.5. The van der Waals surface area contributed by atoms with Crippen LogP contribution >= 0.6 is 23.5 Å². The number of hydrogen-bond acceptors (Lipinski definition) is 5. The Balaban J connectivity index is 0.0000000814. The third-order valence-electron chi connectivity index (χ3n) is 28.6. The van der Waals surface area contributed by atoms with Crippen molar-refractivity contribution in [3.63, 3.8) is 0 Å². The molecule has 0 unspecified atom stereocenters. The van der Waals surface area contributed by atoms with Crippen LogP contribution in [0.15, 0.2) is 398 Å². The molecule has 32 rings (SSSR count). The van der Waals surface area contributed by atoms with Gasteiger partial charge in [0, 0.05) is 103 Å². The highest BCUT2D eigenvalue weighted by Crippen LogP contribution is 2.47. The minimum atomic E-state index is -2.73. The SMILES string of the molecule is C[Si]1(C)Oc2ccc3c4ccccc4c4cccc1c4n23.C[Si]1(C)Oc2cccc3c4ccccc4c4ccc1n4c23.c1ccc([Si]2(c3ccccc3)Oc3ccc4c5ccccc5c5cccc2c5n34)cc1.c1ccc2c(c1)c1cccc3c1n1c(ccc21)CCC3.c1ccc2c(c1)c1cccc3c1n1c(ccc21)CS3.c1ccc2c(c1)c1cccc3c1n1c(ccc21)SC3. The molecule has 626 valence electrons. The van der Waals surface area contributed by atoms with Crippen LogP contribution in [-0.2, 0) is 24.3 Å². The van der Waals surface area contributed by atoms with Gasteiger partial charge in [0.2, 0.25) is 0 Å². The molecule has 14 heteroatoms. The fraction of sp³-hybridized carbons (Fsp3) is 0.0769. The van der Waals surface area contributed by atoms with Crippen molar-refractivity contribution in [2.45, 2.75) is 66.9 Å². The largest absolute Gasteiger partial charge is 0.537 e. The van der Waals surface area contributed by atoms with E-state index < -0.39 is 25.0 Å². The summed E-state index contributed by atoms with van der Waals surface area (Å²) in [7, 11) is -6.51. The van der Waals surface area contributed by atoms with Crippen molar-refractivity contribution in [2.24, 2.45) is 0 Å². The van der Waals surface area contributed by atoms with Crippen LogP contribution in [0.2, 0.25) is 26.2 Å². The first kappa shape index (κ1) is 76.5. The number of pyridine rings is 6. The van der Waals surface area contributed by atoms with Crippen molar-refractivity contribution < 1.29 is 13.3 Å². The molecule has 0 saturated carbocycles. The lowest BCUT2D eigenvalue weighted by atomic mass is 10.0. The maximum atomic E-state index is 7.14. The molecule has 0 fully saturated rings. The number of hydrogen-bond donors (Lipinski definition) is 0. The van der Waals surface area contributed by atoms with Gasteiger partial charge in [0.25, 0.3) is 16.6 Å². The fourth-order valence-electron chi connectivity index (χ4n) is 23.0. The summed E-state index contributed by atoms with van der Waals surface area (Å²) < 4.78 is 34.4. The van der Waals surface area contributed by atoms with E-state index in [4.69, 9.17) is 13.3 Å². The molecule has 0 saturated heterocycles. The smallest absolute Gasteiger partial charge is 0.350 e. The zero-order valence-electron chi connectivity index (χ0n) is 72.7. The van der Waals surface area contributed by atoms with E-state index in [-0.39, 0.29) is 0 Å². The second-order valence-corrected chi connectivity index (χ2v) is 49.3. The van der Waals surface area contributed by atoms with E-state index in [2.05, 4.69) is 441 Å². The zero-order chi connectivity index (χ0) is 86.7. The molecule has 18 heterocycles. The Morgan fingerprint density at radius 2 is 0.626 bits per heavy atom. The molecule has 0 amide bonds. The molecular weight excluding hydrogens is 1690 g/mol. The number of benzene rings is 14. The summed E-state index contributed by atoms with van der Waals surface area (Å²) in [6.07, 6.45) is 3.61. The summed E-state index contributed by atoms with van der Waals surface area (Å²) in [5, 5.41) is 31.9. The molecule has 0 aliphatic carbocycles. The zero-order valence-corrected chi connectivity index (χ0v) is 77.3. The molecule has 14 aromatic carbocycles. The van der Waals surface area contributed by atoms with Crippen molar-refractivity contribution in [3.05, 3.63) is 411 Å². The molecule has 0 N–H and O–H groups in total. The number of rotatable bonds is 2. The number of para-hydroxylation sites is 6. The van der Waals surface area contributed by atoms with E-state index in [1.165, 1.54) is 241 Å². The van der Waals surface area contributed by atoms with Crippen LogP contribution < -0.4 is 39.3 Å². The standard InChI is InChI=1S/C28H19NOSi.C19H15N.2C18H15NOSi.2C17H11NS/c1-3-10-20(11-4-1)31(21-12-5-2-6-13-21)26-17-9-16-24-22-14-7-8-15-23(22)25-18-19-27(30-31)29(25)28(24)26;1-2-9-16-15(8-1)17-10-4-6-13-5-3-7-14-11-12-18(16)20(14)19(13)17;1-21(2)16-9-5-8-14-12-6-3-4-7-13(12)15-10-11-17(20-21)19(15)18(14)16;1-21(2)17-11-10-15-13-7-4-3-6-12(13)14-8-5-9-16(20-21)18(14)19(15)17;1-2-6-13-12(5-1)14-7-3-4-11-10-19-16-9-8-15(13)18(16)17(11)14;1-2-5-13-12(4-1)14-6-3-7-16-17(14)18-11(10-19-16)8-9-15(13)18/h1-19H;1-2,4,6,8-12H,3,5,7H2;2*3-11H,1-2H3;2*1-9H,10H2. The average molecular weight is 1770 g/mol. The average Bonchev–Trinajstić information content (AvgIpc) is 1.68. The van der Waals surface area contributed by atoms with Crippen LogP contribution in [0, 0.1) is 0 Å². The number of nitrogens with zero attached hydrogens (tertiary/aromatic N) is 6. The lowest BCUT2D eigenvalue weighted by molar-refractivity contribution is 0.533. The van der Waals surface area contributed by atoms with Gasteiger partial charge in [0.15, 0.2) is 11.8 Å². The van der Waals surface area contributed by atoms with Crippen molar-refractivity contribution in [3.8, 4) is 17.5 Å². The lowest BCUT2D eigenvalue weighted by Crippen LogP contribution is -2.72. The van der Waals surface area contributed by atoms with Gasteiger partial charge < -0.3 is 30.9 Å². The molecule has 6 aliphatic rings. The van der Waals surface area contributed by atoms with E-state index in [9.17, 15) is 0 Å². The molecule has 0 spiro atoms. The molecule has 0 atom stereocenters. The first-order valence-corrected chi connectivity index (χ1v) is 55.3. The van der Waals surface area contributed by atoms with E-state index in [0.29, 0.717) is 0 Å². The highest BCUT2D eigenvalue weighted by molar-refractivity contribution is 7.99. The minimum absolute atomic E-state index is 0.934. The van der Waals surface area contributed by atoms with Gasteiger partial charge in [0.05, 0.1) is 76.5 Å². The van der Waals surface area contributed by atoms with E-state index >= 15 is 0 Å². The number of thioether (sulfide) groups is 2. The van der Waals surface area contributed by atoms with Gasteiger partial charge in [-0.3, -0.25) is 8.80 Å². The van der Waals surface area contributed by atoms with Gasteiger partial charge in [-0.25, -0.2) is 0 Å². The van der Waals surface area contributed by atoms with E-state index in [1.807, 2.05) is 23.5 Å². The van der Waals surface area contributed by atoms with Crippen molar-refractivity contribution >= 4 is 238 Å². The van der Waals surface area contributed by atoms with Gasteiger partial charge in [-0.1, -0.05) is 303 Å². The van der Waals surface area contributed by atoms with E-state index in [0.717, 1.165) is 29.0 Å². The lowest BCUT2D eigenvalue weighted by Gasteiger charge is -2.37. The Hall–Kier alpha value is -14.5. The summed E-state index contributed by atoms with van der Waals surface area (Å²) in [6.45, 7) is 9.09. The molecule has 0 bridgehead atoms. The number of aromatic nitrogens is 6. The number of fused-ring (bicyclic) bond motifs is 18. The van der Waals surface area contributed by atoms with Crippen molar-refractivity contribution in [2.75, 3.05) is 0 Å². The summed E-state index contributed by atoms with van der Waals surface area (Å²) in [6, 6.07) is 141. The van der Waals surface area contributed by atoms with Crippen LogP contribution in [0.1, 0.15) is 28.9 Å². The molecule has 6 aliphatic heterocycles. The van der Waals surface area contributed by atoms with Gasteiger partial charge >= 0.3 is 8.32 Å². The summed E-state index contributed by atoms with van der Waals surface area (Å²) in [5.41, 5.74) is 21.6. The predicted octanol–water partition coefficient (Wildman–Crippen LogP) is 27.1. The van der Waals surface area contributed by atoms with Crippen LogP contribution in [0.4, 0.5) is 0 Å². The van der Waals surface area contributed by atoms with Crippen LogP contribution in [0.5, 0.6) is 17.5 Å². The third-order valence-corrected chi connectivity index (χ3v) is 39.5. The topological polar surface area (TPSA) is 54.1 Å². The molecule has 26 aromatic rings. The Morgan fingerprint density at radius 1 is 0.237 bits per heavy atom. The Morgan fingerprint density at radius 3 is 1.18 bits per heavy atom. The first-order valence-electron chi connectivity index (χ1n) is 45.6. The van der Waals surface area contributed by atoms with Crippen LogP contribution in [0.3, 0.4) is 0 Å². The highest BCUT2D eigenvalue weighted by atomic mass is 32.2.